The van der Waals surface area contributed by atoms with E-state index in [1.165, 1.54) is 13.1 Å². The number of nitrogens with zero attached hydrogens (tertiary/aromatic N) is 3. The number of carbonyl (C=O) groups excluding carboxylic acids is 3. The molecule has 4 rings (SSSR count). The van der Waals surface area contributed by atoms with Crippen molar-refractivity contribution >= 4 is 23.4 Å². The van der Waals surface area contributed by atoms with Crippen molar-refractivity contribution in [2.45, 2.75) is 19.9 Å². The molecule has 1 aliphatic heterocycles. The maximum atomic E-state index is 12.8. The Kier molecular flexibility index (Phi) is 5.39. The SMILES string of the molecule is Cc1cc(Oc2ncccc2C#N)ccc1NC(=O)C(C)N1C(=O)c2ccccc2C1=O. The minimum absolute atomic E-state index is 0.186. The fraction of sp³-hybridized carbons (Fsp3) is 0.125. The molecule has 1 aliphatic rings. The highest BCUT2D eigenvalue weighted by atomic mass is 16.5. The lowest BCUT2D eigenvalue weighted by molar-refractivity contribution is -0.119. The third-order valence-electron chi connectivity index (χ3n) is 5.15. The van der Waals surface area contributed by atoms with E-state index in [4.69, 9.17) is 10.00 Å². The van der Waals surface area contributed by atoms with Gasteiger partial charge in [0, 0.05) is 11.9 Å². The van der Waals surface area contributed by atoms with E-state index in [2.05, 4.69) is 10.3 Å². The van der Waals surface area contributed by atoms with Crippen molar-refractivity contribution in [1.82, 2.24) is 9.88 Å². The number of benzene rings is 2. The zero-order chi connectivity index (χ0) is 22.8. The van der Waals surface area contributed by atoms with Crippen molar-refractivity contribution < 1.29 is 19.1 Å². The zero-order valence-electron chi connectivity index (χ0n) is 17.3. The Morgan fingerprint density at radius 2 is 1.78 bits per heavy atom. The molecule has 158 valence electrons. The summed E-state index contributed by atoms with van der Waals surface area (Å²) in [5.41, 5.74) is 2.09. The molecule has 1 aromatic heterocycles. The van der Waals surface area contributed by atoms with Crippen molar-refractivity contribution in [3.8, 4) is 17.7 Å². The second-order valence-corrected chi connectivity index (χ2v) is 7.24. The van der Waals surface area contributed by atoms with Gasteiger partial charge in [0.25, 0.3) is 11.8 Å². The van der Waals surface area contributed by atoms with Crippen molar-refractivity contribution in [2.24, 2.45) is 0 Å². The number of aromatic nitrogens is 1. The van der Waals surface area contributed by atoms with Crippen LogP contribution in [0.15, 0.2) is 60.8 Å². The van der Waals surface area contributed by atoms with Crippen LogP contribution in [0.5, 0.6) is 11.6 Å². The topological polar surface area (TPSA) is 112 Å². The fourth-order valence-corrected chi connectivity index (χ4v) is 3.42. The zero-order valence-corrected chi connectivity index (χ0v) is 17.3. The molecule has 2 heterocycles. The van der Waals surface area contributed by atoms with Crippen molar-refractivity contribution in [2.75, 3.05) is 5.32 Å². The molecule has 3 aromatic rings. The highest BCUT2D eigenvalue weighted by molar-refractivity contribution is 6.23. The Morgan fingerprint density at radius 3 is 2.41 bits per heavy atom. The Balaban J connectivity index is 1.49. The van der Waals surface area contributed by atoms with Crippen LogP contribution in [0.25, 0.3) is 0 Å². The number of ether oxygens (including phenoxy) is 1. The molecule has 0 fully saturated rings. The number of imide groups is 1. The first kappa shape index (κ1) is 20.8. The molecule has 0 bridgehead atoms. The molecule has 8 nitrogen and oxygen atoms in total. The third-order valence-corrected chi connectivity index (χ3v) is 5.15. The number of nitrogens with one attached hydrogen (secondary N) is 1. The molecule has 1 N–H and O–H groups in total. The van der Waals surface area contributed by atoms with Crippen LogP contribution in [0.2, 0.25) is 0 Å². The minimum atomic E-state index is -0.996. The number of nitriles is 1. The van der Waals surface area contributed by atoms with Crippen molar-refractivity contribution in [3.05, 3.63) is 83.0 Å². The Hall–Kier alpha value is -4.51. The van der Waals surface area contributed by atoms with Gasteiger partial charge in [-0.15, -0.1) is 0 Å². The summed E-state index contributed by atoms with van der Waals surface area (Å²) in [7, 11) is 0. The molecule has 0 saturated carbocycles. The van der Waals surface area contributed by atoms with E-state index >= 15 is 0 Å². The van der Waals surface area contributed by atoms with Crippen LogP contribution in [0.1, 0.15) is 38.8 Å². The number of anilines is 1. The maximum absolute atomic E-state index is 12.8. The van der Waals surface area contributed by atoms with Gasteiger partial charge in [0.05, 0.1) is 11.1 Å². The van der Waals surface area contributed by atoms with Crippen LogP contribution in [0, 0.1) is 18.3 Å². The molecular weight excluding hydrogens is 408 g/mol. The minimum Gasteiger partial charge on any atom is -0.438 e. The van der Waals surface area contributed by atoms with Crippen LogP contribution < -0.4 is 10.1 Å². The van der Waals surface area contributed by atoms with Gasteiger partial charge < -0.3 is 10.1 Å². The predicted molar refractivity (Wildman–Crippen MR) is 115 cm³/mol. The molecule has 1 atom stereocenters. The molecule has 1 unspecified atom stereocenters. The molecule has 2 aromatic carbocycles. The Morgan fingerprint density at radius 1 is 1.09 bits per heavy atom. The number of fused-ring (bicyclic) bond motifs is 1. The van der Waals surface area contributed by atoms with Crippen LogP contribution in [0.3, 0.4) is 0 Å². The second-order valence-electron chi connectivity index (χ2n) is 7.24. The number of hydrogen-bond acceptors (Lipinski definition) is 6. The number of carbonyl (C=O) groups is 3. The van der Waals surface area contributed by atoms with Gasteiger partial charge in [-0.2, -0.15) is 5.26 Å². The monoisotopic (exact) mass is 426 g/mol. The van der Waals surface area contributed by atoms with Crippen molar-refractivity contribution in [1.29, 1.82) is 5.26 Å². The quantitative estimate of drug-likeness (QED) is 0.623. The van der Waals surface area contributed by atoms with Gasteiger partial charge in [0.2, 0.25) is 11.8 Å². The van der Waals surface area contributed by atoms with Gasteiger partial charge in [-0.1, -0.05) is 12.1 Å². The normalized spacial score (nSPS) is 13.3. The van der Waals surface area contributed by atoms with Gasteiger partial charge in [-0.3, -0.25) is 19.3 Å². The summed E-state index contributed by atoms with van der Waals surface area (Å²) >= 11 is 0. The molecule has 0 spiro atoms. The maximum Gasteiger partial charge on any atom is 0.262 e. The first-order valence-electron chi connectivity index (χ1n) is 9.82. The van der Waals surface area contributed by atoms with Gasteiger partial charge >= 0.3 is 0 Å². The van der Waals surface area contributed by atoms with Gasteiger partial charge in [-0.05, 0) is 61.9 Å². The van der Waals surface area contributed by atoms with Crippen molar-refractivity contribution in [3.63, 3.8) is 0 Å². The summed E-state index contributed by atoms with van der Waals surface area (Å²) < 4.78 is 5.69. The number of rotatable bonds is 5. The first-order valence-corrected chi connectivity index (χ1v) is 9.82. The van der Waals surface area contributed by atoms with E-state index in [0.717, 1.165) is 4.90 Å². The summed E-state index contributed by atoms with van der Waals surface area (Å²) in [6.45, 7) is 3.28. The molecular formula is C24H18N4O4. The average molecular weight is 426 g/mol. The summed E-state index contributed by atoms with van der Waals surface area (Å²) in [4.78, 5) is 43.1. The largest absolute Gasteiger partial charge is 0.438 e. The Labute approximate surface area is 184 Å². The first-order chi connectivity index (χ1) is 15.4. The molecule has 0 aliphatic carbocycles. The lowest BCUT2D eigenvalue weighted by Gasteiger charge is -2.22. The molecule has 0 saturated heterocycles. The second kappa shape index (κ2) is 8.32. The third kappa shape index (κ3) is 3.68. The smallest absolute Gasteiger partial charge is 0.262 e. The van der Waals surface area contributed by atoms with E-state index in [9.17, 15) is 14.4 Å². The van der Waals surface area contributed by atoms with Crippen LogP contribution >= 0.6 is 0 Å². The molecule has 3 amide bonds. The number of hydrogen-bond donors (Lipinski definition) is 1. The predicted octanol–water partition coefficient (Wildman–Crippen LogP) is 3.68. The molecule has 32 heavy (non-hydrogen) atoms. The number of amides is 3. The summed E-state index contributed by atoms with van der Waals surface area (Å²) in [5.74, 6) is -0.836. The summed E-state index contributed by atoms with van der Waals surface area (Å²) in [6.07, 6.45) is 1.53. The lowest BCUT2D eigenvalue weighted by atomic mass is 10.1. The lowest BCUT2D eigenvalue weighted by Crippen LogP contribution is -2.45. The van der Waals surface area contributed by atoms with E-state index in [1.54, 1.807) is 61.5 Å². The van der Waals surface area contributed by atoms with Gasteiger partial charge in [0.15, 0.2) is 0 Å². The molecule has 0 radical (unpaired) electrons. The average Bonchev–Trinajstić information content (AvgIpc) is 3.05. The Bertz CT molecular complexity index is 1260. The highest BCUT2D eigenvalue weighted by Gasteiger charge is 2.40. The number of pyridine rings is 1. The van der Waals surface area contributed by atoms with Crippen LogP contribution in [-0.2, 0) is 4.79 Å². The van der Waals surface area contributed by atoms with Gasteiger partial charge in [0.1, 0.15) is 23.4 Å². The summed E-state index contributed by atoms with van der Waals surface area (Å²) in [6, 6.07) is 15.7. The molecule has 8 heteroatoms. The fourth-order valence-electron chi connectivity index (χ4n) is 3.42. The van der Waals surface area contributed by atoms with Crippen LogP contribution in [-0.4, -0.2) is 33.6 Å². The number of aryl methyl sites for hydroxylation is 1. The van der Waals surface area contributed by atoms with E-state index in [-0.39, 0.29) is 5.88 Å². The van der Waals surface area contributed by atoms with E-state index in [1.807, 2.05) is 6.07 Å². The summed E-state index contributed by atoms with van der Waals surface area (Å²) in [5, 5.41) is 11.9. The van der Waals surface area contributed by atoms with Gasteiger partial charge in [-0.25, -0.2) is 4.98 Å². The highest BCUT2D eigenvalue weighted by Crippen LogP contribution is 2.28. The van der Waals surface area contributed by atoms with E-state index in [0.29, 0.717) is 33.7 Å². The van der Waals surface area contributed by atoms with E-state index < -0.39 is 23.8 Å². The van der Waals surface area contributed by atoms with Crippen LogP contribution in [0.4, 0.5) is 5.69 Å². The standard InChI is InChI=1S/C24H18N4O4/c1-14-12-17(32-22-16(13-25)6-5-11-26-22)9-10-20(14)27-21(29)15(2)28-23(30)18-7-3-4-8-19(18)24(28)31/h3-12,15H,1-2H3,(H,27,29).